The molecule has 12 heteroatoms. The molecule has 7 fully saturated rings. The van der Waals surface area contributed by atoms with Gasteiger partial charge >= 0.3 is 0 Å². The van der Waals surface area contributed by atoms with Crippen LogP contribution in [0.4, 0.5) is 23.3 Å². The molecule has 2 aromatic rings. The number of Topliss-reactive ketones (excluding diaryl/α,β-unsaturated/α-hetero) is 1. The lowest BCUT2D eigenvalue weighted by Gasteiger charge is -2.38. The van der Waals surface area contributed by atoms with Crippen molar-refractivity contribution in [1.29, 1.82) is 0 Å². The van der Waals surface area contributed by atoms with Gasteiger partial charge in [-0.05, 0) is 65.2 Å². The molecule has 12 nitrogen and oxygen atoms in total. The van der Waals surface area contributed by atoms with Gasteiger partial charge in [-0.3, -0.25) is 4.79 Å². The van der Waals surface area contributed by atoms with Crippen LogP contribution in [0.15, 0.2) is 0 Å². The second-order valence-corrected chi connectivity index (χ2v) is 14.3. The highest BCUT2D eigenvalue weighted by Gasteiger charge is 2.41. The zero-order valence-electron chi connectivity index (χ0n) is 27.4. The van der Waals surface area contributed by atoms with Crippen LogP contribution in [-0.2, 0) is 14.3 Å². The van der Waals surface area contributed by atoms with E-state index in [-0.39, 0.29) is 11.3 Å². The molecule has 9 rings (SSSR count). The molecule has 250 valence electrons. The molecular weight excluding hydrogens is 584 g/mol. The van der Waals surface area contributed by atoms with Crippen LogP contribution in [-0.4, -0.2) is 88.5 Å². The van der Waals surface area contributed by atoms with Gasteiger partial charge < -0.3 is 35.4 Å². The predicted octanol–water partition coefficient (Wildman–Crippen LogP) is 4.16. The maximum Gasteiger partial charge on any atom is 0.171 e. The quantitative estimate of drug-likeness (QED) is 0.431. The minimum atomic E-state index is -0.328. The third-order valence-electron chi connectivity index (χ3n) is 10.3. The number of aromatic nitrogens is 4. The lowest BCUT2D eigenvalue weighted by molar-refractivity contribution is -0.169. The number of nitrogens with zero attached hydrogens (tertiary/aromatic N) is 6. The molecule has 1 spiro atoms. The molecule has 0 amide bonds. The first kappa shape index (κ1) is 31.5. The Labute approximate surface area is 271 Å². The summed E-state index contributed by atoms with van der Waals surface area (Å²) in [4.78, 5) is 35.5. The number of rotatable bonds is 8. The fourth-order valence-corrected chi connectivity index (χ4v) is 6.64. The van der Waals surface area contributed by atoms with Crippen molar-refractivity contribution in [3.05, 3.63) is 22.8 Å². The highest BCUT2D eigenvalue weighted by Crippen LogP contribution is 2.42. The topological polar surface area (TPSA) is 149 Å². The van der Waals surface area contributed by atoms with Gasteiger partial charge in [-0.15, -0.1) is 0 Å². The Hall–Kier alpha value is -3.09. The molecule has 0 atom stereocenters. The predicted molar refractivity (Wildman–Crippen MR) is 177 cm³/mol. The van der Waals surface area contributed by atoms with E-state index in [2.05, 4.69) is 34.3 Å². The van der Waals surface area contributed by atoms with Crippen molar-refractivity contribution >= 4 is 29.1 Å². The molecule has 0 bridgehead atoms. The maximum atomic E-state index is 11.5. The van der Waals surface area contributed by atoms with Gasteiger partial charge in [0.1, 0.15) is 40.7 Å². The summed E-state index contributed by atoms with van der Waals surface area (Å²) < 4.78 is 11.7. The van der Waals surface area contributed by atoms with Crippen LogP contribution in [0, 0.1) is 13.8 Å². The fourth-order valence-electron chi connectivity index (χ4n) is 6.64. The Morgan fingerprint density at radius 3 is 1.50 bits per heavy atom. The van der Waals surface area contributed by atoms with Gasteiger partial charge in [-0.1, -0.05) is 0 Å². The summed E-state index contributed by atoms with van der Waals surface area (Å²) in [6.07, 6.45) is 13.0. The summed E-state index contributed by atoms with van der Waals surface area (Å²) in [6, 6.07) is 1.21. The van der Waals surface area contributed by atoms with Crippen LogP contribution in [0.3, 0.4) is 0 Å². The number of anilines is 4. The van der Waals surface area contributed by atoms with E-state index in [0.29, 0.717) is 42.5 Å². The van der Waals surface area contributed by atoms with Gasteiger partial charge in [0, 0.05) is 86.9 Å². The number of carbonyl (C=O) groups is 1. The molecule has 4 saturated carbocycles. The molecule has 7 aliphatic rings. The molecule has 3 aliphatic heterocycles. The average molecular weight is 635 g/mol. The van der Waals surface area contributed by atoms with E-state index in [1.54, 1.807) is 0 Å². The summed E-state index contributed by atoms with van der Waals surface area (Å²) in [5.41, 5.74) is 2.33. The Kier molecular flexibility index (Phi) is 8.79. The van der Waals surface area contributed by atoms with Gasteiger partial charge in [0.05, 0.1) is 13.2 Å². The standard InChI is InChI=1S/C18H26N4O2.C16H22N4O.H2O/c1-12-15(19-14-4-5-14)20-16(13-2-3-13)21-17(12)22-8-6-18(7-9-22)23-10-11-24-18;1-10-14(17-12-4-5-12)18-15(11-2-3-11)19-16(10)20-8-6-13(21)7-9-20;/h13-14H,2-11H2,1H3,(H,19,20,21);11-12H,2-9H2,1H3,(H,17,18,19);1H2. The first-order valence-corrected chi connectivity index (χ1v) is 17.5. The van der Waals surface area contributed by atoms with Gasteiger partial charge in [0.15, 0.2) is 5.79 Å². The number of hydrogen-bond donors (Lipinski definition) is 2. The lowest BCUT2D eigenvalue weighted by Crippen LogP contribution is -2.45. The molecule has 4 N–H and O–H groups in total. The summed E-state index contributed by atoms with van der Waals surface area (Å²) in [6.45, 7) is 9.18. The Bertz CT molecular complexity index is 1410. The molecule has 46 heavy (non-hydrogen) atoms. The summed E-state index contributed by atoms with van der Waals surface area (Å²) in [5.74, 6) is 7.42. The number of piperidine rings is 2. The van der Waals surface area contributed by atoms with Gasteiger partial charge in [0.25, 0.3) is 0 Å². The minimum absolute atomic E-state index is 0. The fraction of sp³-hybridized carbons (Fsp3) is 0.735. The lowest BCUT2D eigenvalue weighted by atomic mass is 10.0. The number of carbonyl (C=O) groups excluding carboxylic acids is 1. The van der Waals surface area contributed by atoms with Crippen LogP contribution in [0.5, 0.6) is 0 Å². The van der Waals surface area contributed by atoms with E-state index in [0.717, 1.165) is 92.7 Å². The second kappa shape index (κ2) is 12.8. The molecule has 0 aromatic carbocycles. The van der Waals surface area contributed by atoms with Crippen LogP contribution < -0.4 is 20.4 Å². The van der Waals surface area contributed by atoms with E-state index < -0.39 is 0 Å². The zero-order valence-corrected chi connectivity index (χ0v) is 27.4. The van der Waals surface area contributed by atoms with Crippen molar-refractivity contribution in [2.45, 2.75) is 121 Å². The number of ether oxygens (including phenoxy) is 2. The zero-order chi connectivity index (χ0) is 30.5. The maximum absolute atomic E-state index is 11.5. The molecule has 3 saturated heterocycles. The molecule has 5 heterocycles. The largest absolute Gasteiger partial charge is 0.412 e. The first-order chi connectivity index (χ1) is 21.9. The summed E-state index contributed by atoms with van der Waals surface area (Å²) in [7, 11) is 0. The van der Waals surface area contributed by atoms with Crippen LogP contribution in [0.25, 0.3) is 0 Å². The van der Waals surface area contributed by atoms with Crippen molar-refractivity contribution in [2.24, 2.45) is 0 Å². The van der Waals surface area contributed by atoms with Crippen molar-refractivity contribution in [3.8, 4) is 0 Å². The van der Waals surface area contributed by atoms with E-state index in [4.69, 9.17) is 29.4 Å². The van der Waals surface area contributed by atoms with Crippen molar-refractivity contribution in [3.63, 3.8) is 0 Å². The third-order valence-corrected chi connectivity index (χ3v) is 10.3. The molecule has 0 radical (unpaired) electrons. The summed E-state index contributed by atoms with van der Waals surface area (Å²) in [5, 5.41) is 7.16. The van der Waals surface area contributed by atoms with Gasteiger partial charge in [0.2, 0.25) is 0 Å². The van der Waals surface area contributed by atoms with Crippen LogP contribution >= 0.6 is 0 Å². The smallest absolute Gasteiger partial charge is 0.171 e. The first-order valence-electron chi connectivity index (χ1n) is 17.5. The normalized spacial score (nSPS) is 23.9. The number of ketones is 1. The van der Waals surface area contributed by atoms with Crippen LogP contribution in [0.1, 0.15) is 112 Å². The molecule has 0 unspecified atom stereocenters. The molecule has 4 aliphatic carbocycles. The Morgan fingerprint density at radius 1 is 0.652 bits per heavy atom. The van der Waals surface area contributed by atoms with Gasteiger partial charge in [-0.25, -0.2) is 19.9 Å². The van der Waals surface area contributed by atoms with Crippen molar-refractivity contribution in [2.75, 3.05) is 59.8 Å². The van der Waals surface area contributed by atoms with Crippen LogP contribution in [0.2, 0.25) is 0 Å². The average Bonchev–Trinajstić information content (AvgIpc) is 3.85. The minimum Gasteiger partial charge on any atom is -0.412 e. The SMILES string of the molecule is Cc1c(NC2CC2)nc(C2CC2)nc1N1CCC(=O)CC1.Cc1c(NC2CC2)nc(C2CC2)nc1N1CCC2(CC1)OCCO2.O. The summed E-state index contributed by atoms with van der Waals surface area (Å²) >= 11 is 0. The van der Waals surface area contributed by atoms with E-state index in [1.165, 1.54) is 56.9 Å². The number of nitrogens with one attached hydrogen (secondary N) is 2. The highest BCUT2D eigenvalue weighted by molar-refractivity contribution is 5.81. The highest BCUT2D eigenvalue weighted by atomic mass is 16.7. The molecule has 2 aromatic heterocycles. The van der Waals surface area contributed by atoms with E-state index in [1.807, 2.05) is 0 Å². The number of hydrogen-bond acceptors (Lipinski definition) is 11. The van der Waals surface area contributed by atoms with Gasteiger partial charge in [-0.2, -0.15) is 0 Å². The van der Waals surface area contributed by atoms with E-state index >= 15 is 0 Å². The monoisotopic (exact) mass is 634 g/mol. The third kappa shape index (κ3) is 7.08. The van der Waals surface area contributed by atoms with Crippen molar-refractivity contribution in [1.82, 2.24) is 19.9 Å². The Morgan fingerprint density at radius 2 is 1.09 bits per heavy atom. The molecular formula is C34H50N8O4. The van der Waals surface area contributed by atoms with Crippen molar-refractivity contribution < 1.29 is 19.7 Å². The van der Waals surface area contributed by atoms with E-state index in [9.17, 15) is 4.79 Å². The Balaban J connectivity index is 0.000000145. The second-order valence-electron chi connectivity index (χ2n) is 14.3.